The molecule has 4 aromatic rings. The molecule has 0 bridgehead atoms. The molecule has 3 heterocycles. The fourth-order valence-corrected chi connectivity index (χ4v) is 5.07. The van der Waals surface area contributed by atoms with Crippen LogP contribution in [-0.2, 0) is 21.3 Å². The van der Waals surface area contributed by atoms with Crippen molar-refractivity contribution in [2.45, 2.75) is 38.7 Å². The van der Waals surface area contributed by atoms with E-state index >= 15 is 0 Å². The lowest BCUT2D eigenvalue weighted by atomic mass is 10.2. The number of aromatic nitrogens is 7. The summed E-state index contributed by atoms with van der Waals surface area (Å²) in [5.74, 6) is 1.04. The minimum Gasteiger partial charge on any atom is -0.494 e. The molecule has 0 unspecified atom stereocenters. The Balaban J connectivity index is 1.83. The zero-order valence-electron chi connectivity index (χ0n) is 22.0. The number of nitrogens with one attached hydrogen (secondary N) is 1. The highest BCUT2D eigenvalue weighted by Gasteiger charge is 2.34. The molecule has 202 valence electrons. The van der Waals surface area contributed by atoms with Gasteiger partial charge < -0.3 is 14.2 Å². The molecule has 0 aliphatic carbocycles. The number of methoxy groups -OCH3 is 3. The molecule has 2 atom stereocenters. The molecule has 0 aliphatic rings. The normalized spacial score (nSPS) is 13.2. The highest BCUT2D eigenvalue weighted by atomic mass is 32.2. The molecule has 0 radical (unpaired) electrons. The van der Waals surface area contributed by atoms with Gasteiger partial charge in [-0.3, -0.25) is 23.9 Å². The number of nitrogens with zero attached hydrogens (tertiary/aromatic N) is 7. The lowest BCUT2D eigenvalue weighted by Crippen LogP contribution is -2.33. The maximum absolute atomic E-state index is 13.6. The largest absolute Gasteiger partial charge is 0.494 e. The molecule has 0 amide bonds. The lowest BCUT2D eigenvalue weighted by Gasteiger charge is -2.23. The monoisotopic (exact) mass is 542 g/mol. The number of benzene rings is 1. The minimum absolute atomic E-state index is 0.0782. The molecule has 14 heteroatoms. The third kappa shape index (κ3) is 5.17. The van der Waals surface area contributed by atoms with Crippen LogP contribution in [0, 0.1) is 6.92 Å². The molecule has 0 aliphatic heterocycles. The number of anilines is 1. The molecule has 0 spiro atoms. The van der Waals surface area contributed by atoms with Crippen molar-refractivity contribution in [1.29, 1.82) is 0 Å². The van der Waals surface area contributed by atoms with E-state index in [1.54, 1.807) is 48.3 Å². The van der Waals surface area contributed by atoms with E-state index in [-0.39, 0.29) is 11.8 Å². The van der Waals surface area contributed by atoms with Crippen molar-refractivity contribution in [2.75, 3.05) is 26.1 Å². The predicted octanol–water partition coefficient (Wildman–Crippen LogP) is 2.78. The van der Waals surface area contributed by atoms with E-state index < -0.39 is 21.4 Å². The number of sulfonamides is 1. The van der Waals surface area contributed by atoms with E-state index in [1.165, 1.54) is 39.0 Å². The van der Waals surface area contributed by atoms with Crippen LogP contribution in [0.1, 0.15) is 31.3 Å². The second-order valence-corrected chi connectivity index (χ2v) is 10.4. The highest BCUT2D eigenvalue weighted by Crippen LogP contribution is 2.37. The Morgan fingerprint density at radius 1 is 1.03 bits per heavy atom. The number of rotatable bonds is 11. The van der Waals surface area contributed by atoms with E-state index in [0.29, 0.717) is 40.8 Å². The second-order valence-electron chi connectivity index (χ2n) is 8.34. The van der Waals surface area contributed by atoms with Crippen LogP contribution in [0.3, 0.4) is 0 Å². The van der Waals surface area contributed by atoms with Gasteiger partial charge in [-0.25, -0.2) is 8.42 Å². The Morgan fingerprint density at radius 2 is 1.74 bits per heavy atom. The summed E-state index contributed by atoms with van der Waals surface area (Å²) < 4.78 is 49.8. The van der Waals surface area contributed by atoms with Crippen LogP contribution in [0.5, 0.6) is 11.5 Å². The first kappa shape index (κ1) is 27.0. The topological polar surface area (TPSA) is 148 Å². The van der Waals surface area contributed by atoms with Crippen molar-refractivity contribution in [2.24, 2.45) is 0 Å². The van der Waals surface area contributed by atoms with E-state index in [1.807, 2.05) is 6.92 Å². The van der Waals surface area contributed by atoms with Crippen molar-refractivity contribution >= 4 is 16.0 Å². The van der Waals surface area contributed by atoms with E-state index in [2.05, 4.69) is 30.0 Å². The maximum Gasteiger partial charge on any atom is 0.243 e. The molecule has 38 heavy (non-hydrogen) atoms. The summed E-state index contributed by atoms with van der Waals surface area (Å²) in [6.07, 6.45) is 3.96. The summed E-state index contributed by atoms with van der Waals surface area (Å²) in [5, 5.41) is 11.9. The van der Waals surface area contributed by atoms with Crippen molar-refractivity contribution in [3.8, 4) is 28.7 Å². The molecule has 4 rings (SSSR count). The Bertz CT molecular complexity index is 1480. The summed E-state index contributed by atoms with van der Waals surface area (Å²) in [5.41, 5.74) is 1.97. The summed E-state index contributed by atoms with van der Waals surface area (Å²) in [7, 11) is 0.337. The summed E-state index contributed by atoms with van der Waals surface area (Å²) >= 11 is 0. The number of hydrogen-bond acceptors (Lipinski definition) is 10. The van der Waals surface area contributed by atoms with Crippen LogP contribution in [0.25, 0.3) is 17.2 Å². The first-order valence-corrected chi connectivity index (χ1v) is 13.3. The Kier molecular flexibility index (Phi) is 7.92. The highest BCUT2D eigenvalue weighted by molar-refractivity contribution is 7.93. The van der Waals surface area contributed by atoms with E-state index in [0.717, 1.165) is 0 Å². The van der Waals surface area contributed by atoms with Gasteiger partial charge in [-0.2, -0.15) is 5.10 Å². The molecule has 3 aromatic heterocycles. The van der Waals surface area contributed by atoms with Gasteiger partial charge in [0.05, 0.1) is 31.8 Å². The van der Waals surface area contributed by atoms with Crippen LogP contribution >= 0.6 is 0 Å². The number of aryl methyl sites for hydroxylation is 2. The van der Waals surface area contributed by atoms with Gasteiger partial charge in [0.1, 0.15) is 34.2 Å². The Morgan fingerprint density at radius 3 is 2.29 bits per heavy atom. The van der Waals surface area contributed by atoms with Gasteiger partial charge in [0.25, 0.3) is 0 Å². The van der Waals surface area contributed by atoms with Gasteiger partial charge >= 0.3 is 0 Å². The van der Waals surface area contributed by atoms with Crippen molar-refractivity contribution < 1.29 is 22.6 Å². The number of para-hydroxylation sites is 1. The molecule has 0 saturated carbocycles. The molecular formula is C24H30N8O5S. The van der Waals surface area contributed by atoms with Crippen LogP contribution in [0.2, 0.25) is 0 Å². The molecular weight excluding hydrogens is 512 g/mol. The first-order chi connectivity index (χ1) is 18.2. The van der Waals surface area contributed by atoms with Gasteiger partial charge in [0, 0.05) is 26.0 Å². The van der Waals surface area contributed by atoms with Crippen LogP contribution in [-0.4, -0.2) is 69.5 Å². The molecule has 0 fully saturated rings. The predicted molar refractivity (Wildman–Crippen MR) is 140 cm³/mol. The summed E-state index contributed by atoms with van der Waals surface area (Å²) in [6, 6.07) is 6.98. The van der Waals surface area contributed by atoms with Gasteiger partial charge in [0.15, 0.2) is 5.82 Å². The van der Waals surface area contributed by atoms with Gasteiger partial charge in [-0.05, 0) is 39.0 Å². The Labute approximate surface area is 220 Å². The average molecular weight is 543 g/mol. The molecule has 1 N–H and O–H groups in total. The smallest absolute Gasteiger partial charge is 0.243 e. The zero-order chi connectivity index (χ0) is 27.4. The quantitative estimate of drug-likeness (QED) is 0.300. The van der Waals surface area contributed by atoms with E-state index in [9.17, 15) is 8.42 Å². The van der Waals surface area contributed by atoms with Crippen molar-refractivity contribution in [3.63, 3.8) is 0 Å². The van der Waals surface area contributed by atoms with Crippen LogP contribution < -0.4 is 14.2 Å². The first-order valence-electron chi connectivity index (χ1n) is 11.8. The van der Waals surface area contributed by atoms with Gasteiger partial charge in [0.2, 0.25) is 16.0 Å². The molecule has 0 saturated heterocycles. The van der Waals surface area contributed by atoms with E-state index in [4.69, 9.17) is 14.2 Å². The number of ether oxygens (including phenoxy) is 3. The molecule has 13 nitrogen and oxygen atoms in total. The summed E-state index contributed by atoms with van der Waals surface area (Å²) in [6.45, 7) is 5.91. The standard InChI is InChI=1S/C24H30N8O5S/c1-7-31-12-11-17(29-31)23-27-28-24(32(23)21-19(35-4)9-8-10-20(21)36-5)30-38(33,34)16(3)22(37-6)18-14-25-15(2)13-26-18/h8-14,16,22H,7H2,1-6H3,(H,28,30)/t16-,22-/m0/s1. The molecule has 1 aromatic carbocycles. The maximum atomic E-state index is 13.6. The fourth-order valence-electron chi connectivity index (χ4n) is 3.92. The lowest BCUT2D eigenvalue weighted by molar-refractivity contribution is 0.0985. The van der Waals surface area contributed by atoms with Gasteiger partial charge in [-0.1, -0.05) is 6.07 Å². The SMILES string of the molecule is CCn1ccc(-c2nnc(NS(=O)(=O)[C@@H](C)[C@H](OC)c3cnc(C)cn3)n2-c2c(OC)cccc2OC)n1. The Hall–Kier alpha value is -4.04. The third-order valence-electron chi connectivity index (χ3n) is 5.98. The van der Waals surface area contributed by atoms with Gasteiger partial charge in [-0.15, -0.1) is 10.2 Å². The van der Waals surface area contributed by atoms with Crippen LogP contribution in [0.15, 0.2) is 42.9 Å². The van der Waals surface area contributed by atoms with Crippen molar-refractivity contribution in [1.82, 2.24) is 34.5 Å². The summed E-state index contributed by atoms with van der Waals surface area (Å²) in [4.78, 5) is 8.51. The van der Waals surface area contributed by atoms with Crippen LogP contribution in [0.4, 0.5) is 5.95 Å². The zero-order valence-corrected chi connectivity index (χ0v) is 22.8. The second kappa shape index (κ2) is 11.1. The fraction of sp³-hybridized carbons (Fsp3) is 0.375. The average Bonchev–Trinajstić information content (AvgIpc) is 3.56. The third-order valence-corrected chi connectivity index (χ3v) is 7.67. The minimum atomic E-state index is -4.09. The van der Waals surface area contributed by atoms with Crippen molar-refractivity contribution in [3.05, 3.63) is 54.2 Å². The number of hydrogen-bond donors (Lipinski definition) is 1.